The number of rotatable bonds is 2. The van der Waals surface area contributed by atoms with Crippen molar-refractivity contribution in [2.75, 3.05) is 13.1 Å². The molecule has 0 amide bonds. The lowest BCUT2D eigenvalue weighted by Crippen LogP contribution is -2.26. The number of aromatic nitrogens is 2. The zero-order chi connectivity index (χ0) is 11.8. The van der Waals surface area contributed by atoms with Crippen molar-refractivity contribution in [1.29, 1.82) is 0 Å². The summed E-state index contributed by atoms with van der Waals surface area (Å²) in [6.45, 7) is 2.86. The van der Waals surface area contributed by atoms with E-state index in [-0.39, 0.29) is 18.3 Å². The predicted molar refractivity (Wildman–Crippen MR) is 69.1 cm³/mol. The first kappa shape index (κ1) is 13.4. The van der Waals surface area contributed by atoms with Crippen LogP contribution in [0.3, 0.4) is 0 Å². The zero-order valence-electron chi connectivity index (χ0n) is 10.1. The molecule has 18 heavy (non-hydrogen) atoms. The number of carboxylic acids is 1. The number of carboxylic acid groups (broad SMARTS) is 1. The van der Waals surface area contributed by atoms with E-state index in [9.17, 15) is 4.79 Å². The third-order valence-electron chi connectivity index (χ3n) is 3.90. The van der Waals surface area contributed by atoms with Crippen LogP contribution in [0, 0.1) is 5.92 Å². The first-order valence-electron chi connectivity index (χ1n) is 6.23. The van der Waals surface area contributed by atoms with Crippen LogP contribution in [-0.4, -0.2) is 33.7 Å². The third-order valence-corrected chi connectivity index (χ3v) is 3.90. The van der Waals surface area contributed by atoms with Crippen molar-refractivity contribution in [3.8, 4) is 0 Å². The Morgan fingerprint density at radius 3 is 3.00 bits per heavy atom. The molecule has 3 rings (SSSR count). The van der Waals surface area contributed by atoms with E-state index < -0.39 is 5.97 Å². The molecule has 0 radical (unpaired) electrons. The molecule has 2 atom stereocenters. The van der Waals surface area contributed by atoms with Gasteiger partial charge in [-0.05, 0) is 19.4 Å². The van der Waals surface area contributed by atoms with Gasteiger partial charge in [-0.1, -0.05) is 0 Å². The van der Waals surface area contributed by atoms with Gasteiger partial charge in [-0.3, -0.25) is 4.79 Å². The van der Waals surface area contributed by atoms with E-state index >= 15 is 0 Å². The molecule has 2 N–H and O–H groups in total. The number of carbonyl (C=O) groups is 1. The fourth-order valence-corrected chi connectivity index (χ4v) is 2.90. The predicted octanol–water partition coefficient (Wildman–Crippen LogP) is 1.03. The van der Waals surface area contributed by atoms with Crippen LogP contribution in [0.25, 0.3) is 0 Å². The molecule has 2 aliphatic heterocycles. The molecule has 0 saturated carbocycles. The molecule has 100 valence electrons. The largest absolute Gasteiger partial charge is 0.481 e. The topological polar surface area (TPSA) is 67.1 Å². The van der Waals surface area contributed by atoms with Crippen LogP contribution >= 0.6 is 12.4 Å². The second-order valence-electron chi connectivity index (χ2n) is 4.98. The SMILES string of the molecule is Cl.O=C(O)C1CCn2c(cnc2C2CCNC2)C1. The Balaban J connectivity index is 0.00000120. The first-order valence-corrected chi connectivity index (χ1v) is 6.23. The summed E-state index contributed by atoms with van der Waals surface area (Å²) in [5, 5.41) is 12.4. The minimum absolute atomic E-state index is 0. The van der Waals surface area contributed by atoms with Gasteiger partial charge in [-0.15, -0.1) is 12.4 Å². The van der Waals surface area contributed by atoms with Gasteiger partial charge < -0.3 is 15.0 Å². The van der Waals surface area contributed by atoms with Gasteiger partial charge in [-0.25, -0.2) is 4.98 Å². The average Bonchev–Trinajstić information content (AvgIpc) is 2.96. The molecule has 0 aliphatic carbocycles. The Morgan fingerprint density at radius 1 is 1.50 bits per heavy atom. The summed E-state index contributed by atoms with van der Waals surface area (Å²) >= 11 is 0. The molecule has 2 aliphatic rings. The fraction of sp³-hybridized carbons (Fsp3) is 0.667. The summed E-state index contributed by atoms with van der Waals surface area (Å²) in [4.78, 5) is 15.5. The molecule has 1 aromatic rings. The molecule has 0 spiro atoms. The summed E-state index contributed by atoms with van der Waals surface area (Å²) in [7, 11) is 0. The van der Waals surface area contributed by atoms with Crippen LogP contribution in [0.4, 0.5) is 0 Å². The van der Waals surface area contributed by atoms with Gasteiger partial charge in [-0.2, -0.15) is 0 Å². The minimum Gasteiger partial charge on any atom is -0.481 e. The maximum atomic E-state index is 11.0. The highest BCUT2D eigenvalue weighted by Gasteiger charge is 2.29. The van der Waals surface area contributed by atoms with Crippen molar-refractivity contribution >= 4 is 18.4 Å². The lowest BCUT2D eigenvalue weighted by atomic mass is 9.96. The van der Waals surface area contributed by atoms with Gasteiger partial charge in [0, 0.05) is 37.3 Å². The first-order chi connectivity index (χ1) is 8.25. The van der Waals surface area contributed by atoms with Gasteiger partial charge >= 0.3 is 5.97 Å². The van der Waals surface area contributed by atoms with E-state index in [1.54, 1.807) is 0 Å². The van der Waals surface area contributed by atoms with Gasteiger partial charge in [0.1, 0.15) is 5.82 Å². The molecule has 0 aromatic carbocycles. The lowest BCUT2D eigenvalue weighted by molar-refractivity contribution is -0.142. The average molecular weight is 272 g/mol. The molecule has 1 aromatic heterocycles. The highest BCUT2D eigenvalue weighted by Crippen LogP contribution is 2.28. The van der Waals surface area contributed by atoms with E-state index in [0.717, 1.165) is 44.0 Å². The highest BCUT2D eigenvalue weighted by atomic mass is 35.5. The fourth-order valence-electron chi connectivity index (χ4n) is 2.90. The highest BCUT2D eigenvalue weighted by molar-refractivity contribution is 5.85. The van der Waals surface area contributed by atoms with Crippen LogP contribution in [0.2, 0.25) is 0 Å². The summed E-state index contributed by atoms with van der Waals surface area (Å²) < 4.78 is 2.23. The number of halogens is 1. The molecule has 1 saturated heterocycles. The second kappa shape index (κ2) is 5.28. The summed E-state index contributed by atoms with van der Waals surface area (Å²) in [5.74, 6) is 0.745. The van der Waals surface area contributed by atoms with Crippen molar-refractivity contribution in [3.05, 3.63) is 17.7 Å². The van der Waals surface area contributed by atoms with E-state index in [4.69, 9.17) is 5.11 Å². The Hall–Kier alpha value is -1.07. The Labute approximate surface area is 112 Å². The van der Waals surface area contributed by atoms with Crippen molar-refractivity contribution in [2.24, 2.45) is 5.92 Å². The number of nitrogens with zero attached hydrogens (tertiary/aromatic N) is 2. The molecule has 3 heterocycles. The molecule has 5 nitrogen and oxygen atoms in total. The Bertz CT molecular complexity index is 441. The quantitative estimate of drug-likeness (QED) is 0.843. The van der Waals surface area contributed by atoms with Crippen LogP contribution < -0.4 is 5.32 Å². The number of hydrogen-bond donors (Lipinski definition) is 2. The molecule has 6 heteroatoms. The van der Waals surface area contributed by atoms with Crippen LogP contribution in [0.15, 0.2) is 6.20 Å². The summed E-state index contributed by atoms with van der Waals surface area (Å²) in [6.07, 6.45) is 4.36. The monoisotopic (exact) mass is 271 g/mol. The third kappa shape index (κ3) is 2.24. The standard InChI is InChI=1S/C12H17N3O2.ClH/c16-12(17)8-2-4-15-10(5-8)7-14-11(15)9-1-3-13-6-9;/h7-9,13H,1-6H2,(H,16,17);1H. The smallest absolute Gasteiger partial charge is 0.306 e. The van der Waals surface area contributed by atoms with Crippen LogP contribution in [0.1, 0.15) is 30.3 Å². The molecular weight excluding hydrogens is 254 g/mol. The number of aliphatic carboxylic acids is 1. The van der Waals surface area contributed by atoms with Crippen molar-refractivity contribution < 1.29 is 9.90 Å². The maximum absolute atomic E-state index is 11.0. The maximum Gasteiger partial charge on any atom is 0.306 e. The van der Waals surface area contributed by atoms with Crippen molar-refractivity contribution in [3.63, 3.8) is 0 Å². The number of imidazole rings is 1. The second-order valence-corrected chi connectivity index (χ2v) is 4.98. The summed E-state index contributed by atoms with van der Waals surface area (Å²) in [6, 6.07) is 0. The van der Waals surface area contributed by atoms with Gasteiger partial charge in [0.2, 0.25) is 0 Å². The van der Waals surface area contributed by atoms with Gasteiger partial charge in [0.05, 0.1) is 5.92 Å². The summed E-state index contributed by atoms with van der Waals surface area (Å²) in [5.41, 5.74) is 1.09. The molecular formula is C12H18ClN3O2. The van der Waals surface area contributed by atoms with Crippen molar-refractivity contribution in [1.82, 2.24) is 14.9 Å². The van der Waals surface area contributed by atoms with E-state index in [2.05, 4.69) is 14.9 Å². The molecule has 0 bridgehead atoms. The van der Waals surface area contributed by atoms with Gasteiger partial charge in [0.15, 0.2) is 0 Å². The molecule has 2 unspecified atom stereocenters. The zero-order valence-corrected chi connectivity index (χ0v) is 10.9. The minimum atomic E-state index is -0.679. The molecule has 1 fully saturated rings. The van der Waals surface area contributed by atoms with E-state index in [1.165, 1.54) is 0 Å². The van der Waals surface area contributed by atoms with E-state index in [1.807, 2.05) is 6.20 Å². The number of fused-ring (bicyclic) bond motifs is 1. The van der Waals surface area contributed by atoms with Crippen molar-refractivity contribution in [2.45, 2.75) is 31.7 Å². The van der Waals surface area contributed by atoms with Crippen LogP contribution in [0.5, 0.6) is 0 Å². The number of nitrogens with one attached hydrogen (secondary N) is 1. The van der Waals surface area contributed by atoms with E-state index in [0.29, 0.717) is 12.3 Å². The Morgan fingerprint density at radius 2 is 2.33 bits per heavy atom. The normalized spacial score (nSPS) is 26.4. The van der Waals surface area contributed by atoms with Crippen LogP contribution in [-0.2, 0) is 17.8 Å². The Kier molecular flexibility index (Phi) is 3.92. The van der Waals surface area contributed by atoms with Gasteiger partial charge in [0.25, 0.3) is 0 Å². The number of hydrogen-bond acceptors (Lipinski definition) is 3. The lowest BCUT2D eigenvalue weighted by Gasteiger charge is -2.23.